The minimum Gasteiger partial charge on any atom is -0.290 e. The number of benzene rings is 1. The van der Waals surface area contributed by atoms with Crippen LogP contribution < -0.4 is 5.01 Å². The quantitative estimate of drug-likeness (QED) is 0.817. The molecule has 0 spiro atoms. The van der Waals surface area contributed by atoms with Crippen molar-refractivity contribution in [2.45, 2.75) is 32.7 Å². The average molecular weight is 312 g/mol. The van der Waals surface area contributed by atoms with Crippen LogP contribution in [0.4, 0.5) is 5.13 Å². The Bertz CT molecular complexity index is 785. The van der Waals surface area contributed by atoms with Crippen LogP contribution in [0, 0.1) is 5.92 Å². The fraction of sp³-hybridized carbons (Fsp3) is 0.375. The number of para-hydroxylation sites is 1. The highest BCUT2D eigenvalue weighted by molar-refractivity contribution is 7.22. The van der Waals surface area contributed by atoms with Crippen molar-refractivity contribution in [2.75, 3.05) is 5.01 Å². The Kier molecular flexibility index (Phi) is 3.07. The molecule has 4 rings (SSSR count). The minimum absolute atomic E-state index is 0.0431. The first kappa shape index (κ1) is 13.6. The number of fused-ring (bicyclic) bond motifs is 1. The molecule has 2 aliphatic rings. The summed E-state index contributed by atoms with van der Waals surface area (Å²) in [5, 5.41) is 6.51. The molecule has 0 N–H and O–H groups in total. The molecule has 6 heteroatoms. The summed E-state index contributed by atoms with van der Waals surface area (Å²) >= 11 is 1.49. The van der Waals surface area contributed by atoms with E-state index < -0.39 is 0 Å². The van der Waals surface area contributed by atoms with Gasteiger partial charge in [-0.15, -0.1) is 0 Å². The molecule has 1 atom stereocenters. The van der Waals surface area contributed by atoms with Crippen molar-refractivity contribution >= 4 is 44.0 Å². The van der Waals surface area contributed by atoms with E-state index in [0.29, 0.717) is 11.2 Å². The highest BCUT2D eigenvalue weighted by Crippen LogP contribution is 2.33. The maximum Gasteiger partial charge on any atom is 0.264 e. The third-order valence-corrected chi connectivity index (χ3v) is 4.96. The van der Waals surface area contributed by atoms with Gasteiger partial charge < -0.3 is 0 Å². The van der Waals surface area contributed by atoms with Crippen LogP contribution in [0.5, 0.6) is 0 Å². The van der Waals surface area contributed by atoms with E-state index in [1.807, 2.05) is 38.1 Å². The molecule has 0 saturated heterocycles. The SMILES string of the molecule is CC(=NC1CC1)[C@@H]1C(=O)N(c2nc3ccccc3s2)N=C1C. The van der Waals surface area contributed by atoms with Gasteiger partial charge in [-0.25, -0.2) is 4.98 Å². The topological polar surface area (TPSA) is 57.9 Å². The Balaban J connectivity index is 1.67. The number of aliphatic imine (C=N–C) groups is 1. The summed E-state index contributed by atoms with van der Waals surface area (Å²) in [5.41, 5.74) is 2.57. The van der Waals surface area contributed by atoms with Crippen molar-refractivity contribution in [3.8, 4) is 0 Å². The third-order valence-electron chi connectivity index (χ3n) is 3.95. The summed E-state index contributed by atoms with van der Waals surface area (Å²) in [4.78, 5) is 21.9. The van der Waals surface area contributed by atoms with Crippen LogP contribution >= 0.6 is 11.3 Å². The van der Waals surface area contributed by atoms with E-state index in [4.69, 9.17) is 0 Å². The van der Waals surface area contributed by atoms with E-state index in [0.717, 1.165) is 34.5 Å². The van der Waals surface area contributed by atoms with Crippen molar-refractivity contribution < 1.29 is 4.79 Å². The monoisotopic (exact) mass is 312 g/mol. The summed E-state index contributed by atoms with van der Waals surface area (Å²) in [5.74, 6) is -0.369. The van der Waals surface area contributed by atoms with E-state index in [1.165, 1.54) is 16.3 Å². The molecule has 1 aliphatic carbocycles. The minimum atomic E-state index is -0.326. The molecule has 22 heavy (non-hydrogen) atoms. The molecule has 1 saturated carbocycles. The molecule has 1 aromatic heterocycles. The predicted octanol–water partition coefficient (Wildman–Crippen LogP) is 3.26. The van der Waals surface area contributed by atoms with Crippen molar-refractivity contribution in [3.05, 3.63) is 24.3 Å². The predicted molar refractivity (Wildman–Crippen MR) is 89.8 cm³/mol. The third kappa shape index (κ3) is 2.23. The number of hydrazone groups is 1. The van der Waals surface area contributed by atoms with E-state index in [-0.39, 0.29) is 11.8 Å². The molecule has 2 heterocycles. The zero-order chi connectivity index (χ0) is 15.3. The lowest BCUT2D eigenvalue weighted by atomic mass is 9.99. The maximum absolute atomic E-state index is 12.7. The van der Waals surface area contributed by atoms with Crippen LogP contribution in [0.1, 0.15) is 26.7 Å². The lowest BCUT2D eigenvalue weighted by Gasteiger charge is -2.11. The molecule has 2 aromatic rings. The second kappa shape index (κ2) is 4.98. The van der Waals surface area contributed by atoms with Crippen LogP contribution in [0.3, 0.4) is 0 Å². The zero-order valence-corrected chi connectivity index (χ0v) is 13.3. The first-order valence-electron chi connectivity index (χ1n) is 7.42. The Hall–Kier alpha value is -2.08. The fourth-order valence-corrected chi connectivity index (χ4v) is 3.62. The second-order valence-corrected chi connectivity index (χ2v) is 6.80. The number of hydrogen-bond donors (Lipinski definition) is 0. The molecule has 1 amide bonds. The number of aromatic nitrogens is 1. The molecule has 0 bridgehead atoms. The van der Waals surface area contributed by atoms with Crippen molar-refractivity contribution in [3.63, 3.8) is 0 Å². The van der Waals surface area contributed by atoms with Gasteiger partial charge in [-0.1, -0.05) is 23.5 Å². The molecular formula is C16H16N4OS. The molecule has 0 radical (unpaired) electrons. The highest BCUT2D eigenvalue weighted by atomic mass is 32.1. The number of carbonyl (C=O) groups is 1. The van der Waals surface area contributed by atoms with Crippen molar-refractivity contribution in [1.29, 1.82) is 0 Å². The standard InChI is InChI=1S/C16H16N4OS/c1-9(17-11-7-8-11)14-10(2)19-20(15(14)21)16-18-12-5-3-4-6-13(12)22-16/h3-6,11,14H,7-8H2,1-2H3/t14-/m0/s1. The summed E-state index contributed by atoms with van der Waals surface area (Å²) in [7, 11) is 0. The van der Waals surface area contributed by atoms with Gasteiger partial charge in [0.25, 0.3) is 5.91 Å². The lowest BCUT2D eigenvalue weighted by Crippen LogP contribution is -2.31. The van der Waals surface area contributed by atoms with Crippen LogP contribution in [0.15, 0.2) is 34.4 Å². The van der Waals surface area contributed by atoms with Crippen LogP contribution in [0.25, 0.3) is 10.2 Å². The number of carbonyl (C=O) groups excluding carboxylic acids is 1. The summed E-state index contributed by atoms with van der Waals surface area (Å²) < 4.78 is 1.06. The van der Waals surface area contributed by atoms with Crippen molar-refractivity contribution in [1.82, 2.24) is 4.98 Å². The van der Waals surface area contributed by atoms with Gasteiger partial charge in [-0.2, -0.15) is 10.1 Å². The molecule has 1 fully saturated rings. The normalized spacial score (nSPS) is 22.5. The molecule has 5 nitrogen and oxygen atoms in total. The molecule has 0 unspecified atom stereocenters. The maximum atomic E-state index is 12.7. The number of thiazole rings is 1. The van der Waals surface area contributed by atoms with Gasteiger partial charge >= 0.3 is 0 Å². The molecule has 1 aliphatic heterocycles. The number of hydrogen-bond acceptors (Lipinski definition) is 5. The van der Waals surface area contributed by atoms with Gasteiger partial charge in [0.1, 0.15) is 5.92 Å². The van der Waals surface area contributed by atoms with E-state index in [2.05, 4.69) is 15.1 Å². The summed E-state index contributed by atoms with van der Waals surface area (Å²) in [6, 6.07) is 8.28. The van der Waals surface area contributed by atoms with Gasteiger partial charge in [0.2, 0.25) is 5.13 Å². The van der Waals surface area contributed by atoms with Gasteiger partial charge in [0, 0.05) is 5.71 Å². The number of anilines is 1. The Labute approximate surface area is 132 Å². The Morgan fingerprint density at radius 2 is 2.14 bits per heavy atom. The summed E-state index contributed by atoms with van der Waals surface area (Å²) in [6.07, 6.45) is 2.27. The Morgan fingerprint density at radius 3 is 2.86 bits per heavy atom. The van der Waals surface area contributed by atoms with E-state index in [9.17, 15) is 4.79 Å². The van der Waals surface area contributed by atoms with Crippen molar-refractivity contribution in [2.24, 2.45) is 16.0 Å². The highest BCUT2D eigenvalue weighted by Gasteiger charge is 2.38. The number of rotatable bonds is 3. The van der Waals surface area contributed by atoms with E-state index in [1.54, 1.807) is 0 Å². The average Bonchev–Trinajstić information content (AvgIpc) is 3.11. The van der Waals surface area contributed by atoms with Crippen LogP contribution in [0.2, 0.25) is 0 Å². The van der Waals surface area contributed by atoms with Crippen LogP contribution in [-0.2, 0) is 4.79 Å². The Morgan fingerprint density at radius 1 is 1.36 bits per heavy atom. The number of amides is 1. The summed E-state index contributed by atoms with van der Waals surface area (Å²) in [6.45, 7) is 3.82. The molecular weight excluding hydrogens is 296 g/mol. The smallest absolute Gasteiger partial charge is 0.264 e. The lowest BCUT2D eigenvalue weighted by molar-refractivity contribution is -0.118. The first-order chi connectivity index (χ1) is 10.6. The van der Waals surface area contributed by atoms with Gasteiger partial charge in [0.15, 0.2) is 0 Å². The van der Waals surface area contributed by atoms with Gasteiger partial charge in [0.05, 0.1) is 22.0 Å². The first-order valence-corrected chi connectivity index (χ1v) is 8.24. The van der Waals surface area contributed by atoms with E-state index >= 15 is 0 Å². The second-order valence-electron chi connectivity index (χ2n) is 5.79. The molecule has 1 aromatic carbocycles. The molecule has 112 valence electrons. The van der Waals surface area contributed by atoms with Gasteiger partial charge in [-0.3, -0.25) is 9.79 Å². The number of nitrogens with zero attached hydrogens (tertiary/aromatic N) is 4. The van der Waals surface area contributed by atoms with Crippen LogP contribution in [-0.4, -0.2) is 28.4 Å². The largest absolute Gasteiger partial charge is 0.290 e. The zero-order valence-electron chi connectivity index (χ0n) is 12.5. The fourth-order valence-electron chi connectivity index (χ4n) is 2.70. The van der Waals surface area contributed by atoms with Gasteiger partial charge in [-0.05, 0) is 38.8 Å².